The summed E-state index contributed by atoms with van der Waals surface area (Å²) in [6.45, 7) is 1.64. The summed E-state index contributed by atoms with van der Waals surface area (Å²) in [4.78, 5) is 0. The minimum Gasteiger partial charge on any atom is -0.267 e. The van der Waals surface area contributed by atoms with Gasteiger partial charge in [0.2, 0.25) is 0 Å². The first kappa shape index (κ1) is 14.9. The maximum Gasteiger partial charge on any atom is 0.264 e. The van der Waals surface area contributed by atoms with E-state index in [1.54, 1.807) is 6.92 Å². The maximum absolute atomic E-state index is 11.0. The third kappa shape index (κ3) is 6.35. The highest BCUT2D eigenvalue weighted by molar-refractivity contribution is 7.86. The molecule has 1 rings (SSSR count). The molecule has 1 aliphatic carbocycles. The van der Waals surface area contributed by atoms with Gasteiger partial charge in [-0.15, -0.1) is 0 Å². The first-order valence-corrected chi connectivity index (χ1v) is 8.94. The van der Waals surface area contributed by atoms with Crippen LogP contribution in [0.15, 0.2) is 0 Å². The third-order valence-electron chi connectivity index (χ3n) is 2.48. The van der Waals surface area contributed by atoms with Crippen molar-refractivity contribution in [2.75, 3.05) is 12.5 Å². The molecule has 0 spiro atoms. The average molecular weight is 286 g/mol. The minimum absolute atomic E-state index is 0.447. The molecule has 1 unspecified atom stereocenters. The Labute approximate surface area is 103 Å². The predicted octanol–water partition coefficient (Wildman–Crippen LogP) is 0.640. The van der Waals surface area contributed by atoms with Gasteiger partial charge in [0.15, 0.2) is 0 Å². The molecular formula is C9H18O6S2. The molecule has 0 aliphatic heterocycles. The van der Waals surface area contributed by atoms with E-state index in [0.29, 0.717) is 25.7 Å². The SMILES string of the molecule is CC(CCC1(OS(C)(=O)=O)CC1)OS(C)(=O)=O. The molecule has 0 heterocycles. The molecule has 1 atom stereocenters. The fraction of sp³-hybridized carbons (Fsp3) is 1.00. The van der Waals surface area contributed by atoms with Crippen molar-refractivity contribution in [2.45, 2.75) is 44.3 Å². The Hall–Kier alpha value is -0.180. The quantitative estimate of drug-likeness (QED) is 0.638. The first-order chi connectivity index (χ1) is 7.52. The lowest BCUT2D eigenvalue weighted by molar-refractivity contribution is 0.143. The van der Waals surface area contributed by atoms with E-state index in [-0.39, 0.29) is 0 Å². The summed E-state index contributed by atoms with van der Waals surface area (Å²) in [7, 11) is -6.93. The molecule has 0 radical (unpaired) electrons. The van der Waals surface area contributed by atoms with E-state index in [1.165, 1.54) is 0 Å². The van der Waals surface area contributed by atoms with Crippen LogP contribution in [0.25, 0.3) is 0 Å². The topological polar surface area (TPSA) is 86.7 Å². The molecule has 0 N–H and O–H groups in total. The number of hydrogen-bond acceptors (Lipinski definition) is 6. The Morgan fingerprint density at radius 2 is 1.65 bits per heavy atom. The highest BCUT2D eigenvalue weighted by Gasteiger charge is 2.46. The Bertz CT molecular complexity index is 460. The summed E-state index contributed by atoms with van der Waals surface area (Å²) in [5, 5.41) is 0. The number of hydrogen-bond donors (Lipinski definition) is 0. The van der Waals surface area contributed by atoms with Gasteiger partial charge in [-0.25, -0.2) is 0 Å². The van der Waals surface area contributed by atoms with Crippen LogP contribution < -0.4 is 0 Å². The Kier molecular flexibility index (Phi) is 4.23. The maximum atomic E-state index is 11.0. The van der Waals surface area contributed by atoms with E-state index in [9.17, 15) is 16.8 Å². The van der Waals surface area contributed by atoms with Crippen LogP contribution in [0.4, 0.5) is 0 Å². The van der Waals surface area contributed by atoms with Gasteiger partial charge < -0.3 is 0 Å². The summed E-state index contributed by atoms with van der Waals surface area (Å²) in [6.07, 6.45) is 3.84. The normalized spacial score (nSPS) is 21.1. The number of rotatable bonds is 7. The third-order valence-corrected chi connectivity index (χ3v) is 3.82. The van der Waals surface area contributed by atoms with Gasteiger partial charge in [-0.05, 0) is 32.6 Å². The monoisotopic (exact) mass is 286 g/mol. The van der Waals surface area contributed by atoms with Gasteiger partial charge in [-0.1, -0.05) is 0 Å². The van der Waals surface area contributed by atoms with Gasteiger partial charge in [-0.2, -0.15) is 16.8 Å². The summed E-state index contributed by atoms with van der Waals surface area (Å²) < 4.78 is 53.5. The van der Waals surface area contributed by atoms with Crippen LogP contribution in [0.2, 0.25) is 0 Å². The van der Waals surface area contributed by atoms with Crippen LogP contribution in [-0.4, -0.2) is 41.1 Å². The summed E-state index contributed by atoms with van der Waals surface area (Å²) in [5.74, 6) is 0. The van der Waals surface area contributed by atoms with Gasteiger partial charge in [0.25, 0.3) is 20.2 Å². The van der Waals surface area contributed by atoms with Crippen LogP contribution in [0.1, 0.15) is 32.6 Å². The fourth-order valence-corrected chi connectivity index (χ4v) is 3.23. The van der Waals surface area contributed by atoms with Crippen molar-refractivity contribution in [3.8, 4) is 0 Å². The van der Waals surface area contributed by atoms with Crippen molar-refractivity contribution in [1.82, 2.24) is 0 Å². The molecular weight excluding hydrogens is 268 g/mol. The molecule has 17 heavy (non-hydrogen) atoms. The Morgan fingerprint density at radius 3 is 2.00 bits per heavy atom. The van der Waals surface area contributed by atoms with Crippen molar-refractivity contribution in [1.29, 1.82) is 0 Å². The van der Waals surface area contributed by atoms with E-state index < -0.39 is 31.9 Å². The van der Waals surface area contributed by atoms with Crippen molar-refractivity contribution < 1.29 is 25.2 Å². The molecule has 102 valence electrons. The molecule has 8 heteroatoms. The standard InChI is InChI=1S/C9H18O6S2/c1-8(14-16(2,10)11)4-5-9(6-7-9)15-17(3,12)13/h8H,4-7H2,1-3H3. The molecule has 0 bridgehead atoms. The van der Waals surface area contributed by atoms with Gasteiger partial charge in [0.1, 0.15) is 0 Å². The largest absolute Gasteiger partial charge is 0.267 e. The molecule has 1 fully saturated rings. The Balaban J connectivity index is 2.41. The zero-order chi connectivity index (χ0) is 13.3. The van der Waals surface area contributed by atoms with E-state index in [1.807, 2.05) is 0 Å². The molecule has 6 nitrogen and oxygen atoms in total. The van der Waals surface area contributed by atoms with Crippen molar-refractivity contribution in [3.05, 3.63) is 0 Å². The minimum atomic E-state index is -3.46. The van der Waals surface area contributed by atoms with Crippen molar-refractivity contribution >= 4 is 20.2 Å². The zero-order valence-electron chi connectivity index (χ0n) is 10.2. The second-order valence-electron chi connectivity index (χ2n) is 4.62. The zero-order valence-corrected chi connectivity index (χ0v) is 11.8. The predicted molar refractivity (Wildman–Crippen MR) is 62.5 cm³/mol. The van der Waals surface area contributed by atoms with E-state index >= 15 is 0 Å². The van der Waals surface area contributed by atoms with Gasteiger partial charge in [0.05, 0.1) is 24.2 Å². The lowest BCUT2D eigenvalue weighted by Crippen LogP contribution is -2.22. The van der Waals surface area contributed by atoms with E-state index in [2.05, 4.69) is 0 Å². The molecule has 0 aromatic carbocycles. The molecule has 0 aromatic rings. The lowest BCUT2D eigenvalue weighted by Gasteiger charge is -2.17. The van der Waals surface area contributed by atoms with E-state index in [0.717, 1.165) is 12.5 Å². The highest BCUT2D eigenvalue weighted by atomic mass is 32.2. The van der Waals surface area contributed by atoms with Crippen LogP contribution >= 0.6 is 0 Å². The molecule has 0 saturated heterocycles. The van der Waals surface area contributed by atoms with E-state index in [4.69, 9.17) is 8.37 Å². The van der Waals surface area contributed by atoms with Crippen LogP contribution in [-0.2, 0) is 28.6 Å². The smallest absolute Gasteiger partial charge is 0.264 e. The summed E-state index contributed by atoms with van der Waals surface area (Å²) in [6, 6.07) is 0. The van der Waals surface area contributed by atoms with Gasteiger partial charge in [-0.3, -0.25) is 8.37 Å². The van der Waals surface area contributed by atoms with Gasteiger partial charge in [0, 0.05) is 0 Å². The first-order valence-electron chi connectivity index (χ1n) is 5.30. The summed E-state index contributed by atoms with van der Waals surface area (Å²) >= 11 is 0. The van der Waals surface area contributed by atoms with Crippen molar-refractivity contribution in [2.24, 2.45) is 0 Å². The van der Waals surface area contributed by atoms with Crippen LogP contribution in [0, 0.1) is 0 Å². The van der Waals surface area contributed by atoms with Gasteiger partial charge >= 0.3 is 0 Å². The molecule has 1 saturated carbocycles. The highest BCUT2D eigenvalue weighted by Crippen LogP contribution is 2.45. The second kappa shape index (κ2) is 4.83. The Morgan fingerprint density at radius 1 is 1.12 bits per heavy atom. The molecule has 1 aliphatic rings. The summed E-state index contributed by atoms with van der Waals surface area (Å²) in [5.41, 5.74) is -0.622. The molecule has 0 amide bonds. The van der Waals surface area contributed by atoms with Crippen molar-refractivity contribution in [3.63, 3.8) is 0 Å². The molecule has 0 aromatic heterocycles. The second-order valence-corrected chi connectivity index (χ2v) is 7.80. The van der Waals surface area contributed by atoms with Crippen LogP contribution in [0.3, 0.4) is 0 Å². The van der Waals surface area contributed by atoms with Crippen LogP contribution in [0.5, 0.6) is 0 Å². The lowest BCUT2D eigenvalue weighted by atomic mass is 10.1. The fourth-order valence-electron chi connectivity index (χ4n) is 1.65. The average Bonchev–Trinajstić information content (AvgIpc) is 2.76.